The number of rotatable bonds is 3. The largest absolute Gasteiger partial charge is 0.472 e. The van der Waals surface area contributed by atoms with E-state index in [0.717, 1.165) is 22.7 Å². The van der Waals surface area contributed by atoms with E-state index in [0.29, 0.717) is 0 Å². The molecular formula is C10H12N2OS. The Morgan fingerprint density at radius 1 is 1.64 bits per heavy atom. The highest BCUT2D eigenvalue weighted by Gasteiger charge is 2.10. The van der Waals surface area contributed by atoms with Gasteiger partial charge in [-0.05, 0) is 13.0 Å². The number of hydrogen-bond donors (Lipinski definition) is 1. The lowest BCUT2D eigenvalue weighted by atomic mass is 10.1. The van der Waals surface area contributed by atoms with Crippen LogP contribution < -0.4 is 5.73 Å². The molecule has 0 spiro atoms. The van der Waals surface area contributed by atoms with Crippen LogP contribution in [0.5, 0.6) is 0 Å². The molecule has 0 saturated heterocycles. The molecule has 2 aromatic rings. The summed E-state index contributed by atoms with van der Waals surface area (Å²) in [5, 5.41) is 3.12. The van der Waals surface area contributed by atoms with Crippen LogP contribution in [0.4, 0.5) is 0 Å². The fourth-order valence-electron chi connectivity index (χ4n) is 1.29. The van der Waals surface area contributed by atoms with Crippen molar-refractivity contribution in [3.05, 3.63) is 40.2 Å². The maximum Gasteiger partial charge on any atom is 0.0950 e. The monoisotopic (exact) mass is 208 g/mol. The van der Waals surface area contributed by atoms with Gasteiger partial charge in [-0.1, -0.05) is 0 Å². The maximum atomic E-state index is 5.99. The topological polar surface area (TPSA) is 52.0 Å². The van der Waals surface area contributed by atoms with E-state index in [1.54, 1.807) is 23.9 Å². The van der Waals surface area contributed by atoms with Crippen molar-refractivity contribution in [1.82, 2.24) is 4.98 Å². The van der Waals surface area contributed by atoms with Gasteiger partial charge in [0.25, 0.3) is 0 Å². The summed E-state index contributed by atoms with van der Waals surface area (Å²) in [6.07, 6.45) is 4.10. The maximum absolute atomic E-state index is 5.99. The van der Waals surface area contributed by atoms with E-state index in [4.69, 9.17) is 10.2 Å². The van der Waals surface area contributed by atoms with Gasteiger partial charge >= 0.3 is 0 Å². The molecule has 0 aliphatic rings. The molecule has 4 heteroatoms. The van der Waals surface area contributed by atoms with Crippen LogP contribution in [0.3, 0.4) is 0 Å². The Kier molecular flexibility index (Phi) is 2.65. The average molecular weight is 208 g/mol. The van der Waals surface area contributed by atoms with Gasteiger partial charge < -0.3 is 10.2 Å². The first-order chi connectivity index (χ1) is 6.75. The van der Waals surface area contributed by atoms with Crippen LogP contribution in [0.15, 0.2) is 28.4 Å². The standard InChI is InChI=1S/C10H12N2OS/c1-7-6-14-10(12-7)4-9(11)8-2-3-13-5-8/h2-3,5-6,9H,4,11H2,1H3. The van der Waals surface area contributed by atoms with Crippen molar-refractivity contribution in [1.29, 1.82) is 0 Å². The number of hydrogen-bond acceptors (Lipinski definition) is 4. The Morgan fingerprint density at radius 2 is 2.50 bits per heavy atom. The minimum absolute atomic E-state index is 0.0145. The first-order valence-electron chi connectivity index (χ1n) is 4.44. The average Bonchev–Trinajstić information content (AvgIpc) is 2.75. The SMILES string of the molecule is Cc1csc(CC(N)c2ccoc2)n1. The Morgan fingerprint density at radius 3 is 3.07 bits per heavy atom. The molecule has 2 heterocycles. The van der Waals surface area contributed by atoms with E-state index in [2.05, 4.69) is 4.98 Å². The third-order valence-electron chi connectivity index (χ3n) is 2.03. The highest BCUT2D eigenvalue weighted by molar-refractivity contribution is 7.09. The van der Waals surface area contributed by atoms with Crippen molar-refractivity contribution in [2.24, 2.45) is 5.73 Å². The molecule has 2 rings (SSSR count). The van der Waals surface area contributed by atoms with E-state index in [9.17, 15) is 0 Å². The highest BCUT2D eigenvalue weighted by atomic mass is 32.1. The predicted molar refractivity (Wildman–Crippen MR) is 56.2 cm³/mol. The number of nitrogens with zero attached hydrogens (tertiary/aromatic N) is 1. The summed E-state index contributed by atoms with van der Waals surface area (Å²) in [6, 6.07) is 1.88. The Bertz CT molecular complexity index is 394. The van der Waals surface area contributed by atoms with Crippen LogP contribution in [0.2, 0.25) is 0 Å². The number of aryl methyl sites for hydroxylation is 1. The van der Waals surface area contributed by atoms with E-state index >= 15 is 0 Å². The van der Waals surface area contributed by atoms with Crippen LogP contribution in [0, 0.1) is 6.92 Å². The minimum Gasteiger partial charge on any atom is -0.472 e. The van der Waals surface area contributed by atoms with E-state index in [-0.39, 0.29) is 6.04 Å². The quantitative estimate of drug-likeness (QED) is 0.842. The molecule has 0 fully saturated rings. The third kappa shape index (κ3) is 2.02. The third-order valence-corrected chi connectivity index (χ3v) is 3.02. The molecule has 1 atom stereocenters. The van der Waals surface area contributed by atoms with Gasteiger partial charge in [-0.3, -0.25) is 0 Å². The van der Waals surface area contributed by atoms with Crippen molar-refractivity contribution >= 4 is 11.3 Å². The van der Waals surface area contributed by atoms with E-state index in [1.165, 1.54) is 0 Å². The Labute approximate surface area is 86.6 Å². The summed E-state index contributed by atoms with van der Waals surface area (Å²) < 4.78 is 4.98. The lowest BCUT2D eigenvalue weighted by Crippen LogP contribution is -2.12. The van der Waals surface area contributed by atoms with Crippen molar-refractivity contribution in [3.8, 4) is 0 Å². The number of aromatic nitrogens is 1. The molecule has 14 heavy (non-hydrogen) atoms. The fraction of sp³-hybridized carbons (Fsp3) is 0.300. The molecule has 0 bridgehead atoms. The molecule has 2 aromatic heterocycles. The van der Waals surface area contributed by atoms with E-state index in [1.807, 2.05) is 18.4 Å². The summed E-state index contributed by atoms with van der Waals surface area (Å²) in [5.74, 6) is 0. The molecule has 1 unspecified atom stereocenters. The van der Waals surface area contributed by atoms with E-state index < -0.39 is 0 Å². The van der Waals surface area contributed by atoms with Gasteiger partial charge in [0.2, 0.25) is 0 Å². The molecular weight excluding hydrogens is 196 g/mol. The van der Waals surface area contributed by atoms with Gasteiger partial charge in [0.05, 0.1) is 17.5 Å². The number of thiazole rings is 1. The van der Waals surface area contributed by atoms with Gasteiger partial charge in [-0.25, -0.2) is 4.98 Å². The molecule has 0 saturated carbocycles. The molecule has 0 aromatic carbocycles. The van der Waals surface area contributed by atoms with Crippen LogP contribution in [-0.4, -0.2) is 4.98 Å². The van der Waals surface area contributed by atoms with Crippen molar-refractivity contribution in [2.45, 2.75) is 19.4 Å². The molecule has 3 nitrogen and oxygen atoms in total. The lowest BCUT2D eigenvalue weighted by molar-refractivity contribution is 0.558. The lowest BCUT2D eigenvalue weighted by Gasteiger charge is -2.05. The first-order valence-corrected chi connectivity index (χ1v) is 5.32. The first kappa shape index (κ1) is 9.43. The van der Waals surface area contributed by atoms with Gasteiger partial charge in [0, 0.05) is 29.1 Å². The Hall–Kier alpha value is -1.13. The molecule has 0 aliphatic carbocycles. The summed E-state index contributed by atoms with van der Waals surface area (Å²) in [7, 11) is 0. The van der Waals surface area contributed by atoms with Crippen LogP contribution >= 0.6 is 11.3 Å². The van der Waals surface area contributed by atoms with Gasteiger partial charge in [-0.15, -0.1) is 11.3 Å². The number of nitrogens with two attached hydrogens (primary N) is 1. The zero-order chi connectivity index (χ0) is 9.97. The van der Waals surface area contributed by atoms with Crippen LogP contribution in [-0.2, 0) is 6.42 Å². The van der Waals surface area contributed by atoms with Crippen molar-refractivity contribution in [3.63, 3.8) is 0 Å². The molecule has 0 aliphatic heterocycles. The zero-order valence-corrected chi connectivity index (χ0v) is 8.75. The van der Waals surface area contributed by atoms with Gasteiger partial charge in [0.1, 0.15) is 0 Å². The second kappa shape index (κ2) is 3.94. The minimum atomic E-state index is -0.0145. The molecule has 0 radical (unpaired) electrons. The zero-order valence-electron chi connectivity index (χ0n) is 7.93. The summed E-state index contributed by atoms with van der Waals surface area (Å²) >= 11 is 1.65. The van der Waals surface area contributed by atoms with Crippen molar-refractivity contribution < 1.29 is 4.42 Å². The molecule has 74 valence electrons. The summed E-state index contributed by atoms with van der Waals surface area (Å²) in [6.45, 7) is 1.99. The second-order valence-electron chi connectivity index (χ2n) is 3.25. The normalized spacial score (nSPS) is 13.0. The predicted octanol–water partition coefficient (Wildman–Crippen LogP) is 2.29. The Balaban J connectivity index is 2.05. The van der Waals surface area contributed by atoms with Gasteiger partial charge in [0.15, 0.2) is 0 Å². The fourth-order valence-corrected chi connectivity index (χ4v) is 2.12. The summed E-state index contributed by atoms with van der Waals surface area (Å²) in [5.41, 5.74) is 8.07. The smallest absolute Gasteiger partial charge is 0.0950 e. The van der Waals surface area contributed by atoms with Gasteiger partial charge in [-0.2, -0.15) is 0 Å². The van der Waals surface area contributed by atoms with Crippen molar-refractivity contribution in [2.75, 3.05) is 0 Å². The van der Waals surface area contributed by atoms with Crippen LogP contribution in [0.25, 0.3) is 0 Å². The highest BCUT2D eigenvalue weighted by Crippen LogP contribution is 2.18. The molecule has 0 amide bonds. The number of furan rings is 1. The second-order valence-corrected chi connectivity index (χ2v) is 4.19. The molecule has 2 N–H and O–H groups in total. The summed E-state index contributed by atoms with van der Waals surface area (Å²) in [4.78, 5) is 4.37. The van der Waals surface area contributed by atoms with Crippen LogP contribution in [0.1, 0.15) is 22.3 Å².